The normalized spacial score (nSPS) is 15.1. The number of carbonyl (C=O) groups is 1. The highest BCUT2D eigenvalue weighted by Gasteiger charge is 2.23. The van der Waals surface area contributed by atoms with E-state index in [2.05, 4.69) is 15.0 Å². The van der Waals surface area contributed by atoms with Gasteiger partial charge < -0.3 is 4.57 Å². The average molecular weight is 177 g/mol. The van der Waals surface area contributed by atoms with Crippen LogP contribution in [0.3, 0.4) is 0 Å². The monoisotopic (exact) mass is 177 g/mol. The lowest BCUT2D eigenvalue weighted by atomic mass is 10.5. The molecule has 0 aliphatic heterocycles. The lowest BCUT2D eigenvalue weighted by Gasteiger charge is -1.92. The average Bonchev–Trinajstić information content (AvgIpc) is 2.84. The maximum Gasteiger partial charge on any atom is 0.269 e. The second-order valence-corrected chi connectivity index (χ2v) is 2.93. The van der Waals surface area contributed by atoms with Crippen LogP contribution in [0.25, 0.3) is 10.4 Å². The number of carbonyl (C=O) groups excluding carboxylic acids is 1. The van der Waals surface area contributed by atoms with Crippen LogP contribution in [-0.2, 0) is 0 Å². The Hall–Kier alpha value is -1.81. The summed E-state index contributed by atoms with van der Waals surface area (Å²) in [6.07, 6.45) is 5.48. The number of hydrogen-bond donors (Lipinski definition) is 0. The molecular weight excluding hydrogens is 170 g/mol. The van der Waals surface area contributed by atoms with E-state index in [4.69, 9.17) is 5.53 Å². The molecule has 66 valence electrons. The maximum atomic E-state index is 11.0. The van der Waals surface area contributed by atoms with E-state index in [0.717, 1.165) is 12.8 Å². The van der Waals surface area contributed by atoms with Crippen LogP contribution >= 0.6 is 0 Å². The quantitative estimate of drug-likeness (QED) is 0.391. The fourth-order valence-electron chi connectivity index (χ4n) is 1.11. The van der Waals surface area contributed by atoms with Gasteiger partial charge in [0.15, 0.2) is 0 Å². The van der Waals surface area contributed by atoms with Gasteiger partial charge in [-0.3, -0.25) is 4.79 Å². The largest absolute Gasteiger partial charge is 0.334 e. The first kappa shape index (κ1) is 7.82. The van der Waals surface area contributed by atoms with Crippen LogP contribution in [-0.4, -0.2) is 15.5 Å². The van der Waals surface area contributed by atoms with Gasteiger partial charge in [-0.1, -0.05) is 0 Å². The van der Waals surface area contributed by atoms with E-state index in [1.165, 1.54) is 0 Å². The van der Waals surface area contributed by atoms with E-state index < -0.39 is 5.91 Å². The molecule has 1 amide bonds. The third-order valence-corrected chi connectivity index (χ3v) is 1.92. The molecule has 1 aromatic rings. The minimum Gasteiger partial charge on any atom is -0.334 e. The van der Waals surface area contributed by atoms with Crippen molar-refractivity contribution in [3.05, 3.63) is 28.7 Å². The van der Waals surface area contributed by atoms with Gasteiger partial charge in [0.2, 0.25) is 0 Å². The molecule has 1 aromatic heterocycles. The lowest BCUT2D eigenvalue weighted by molar-refractivity contribution is 0.0996. The molecule has 6 heteroatoms. The van der Waals surface area contributed by atoms with Crippen LogP contribution in [0, 0.1) is 0 Å². The Balaban J connectivity index is 2.20. The molecule has 1 fully saturated rings. The third-order valence-electron chi connectivity index (χ3n) is 1.92. The van der Waals surface area contributed by atoms with Crippen LogP contribution in [0.1, 0.15) is 29.4 Å². The summed E-state index contributed by atoms with van der Waals surface area (Å²) in [5.74, 6) is -0.623. The maximum absolute atomic E-state index is 11.0. The number of hydrogen-bond acceptors (Lipinski definition) is 2. The van der Waals surface area contributed by atoms with E-state index in [0.29, 0.717) is 6.04 Å². The van der Waals surface area contributed by atoms with Gasteiger partial charge in [0, 0.05) is 17.2 Å². The Morgan fingerprint density at radius 1 is 1.77 bits per heavy atom. The van der Waals surface area contributed by atoms with E-state index in [9.17, 15) is 4.79 Å². The molecule has 6 nitrogen and oxygen atoms in total. The van der Waals surface area contributed by atoms with Gasteiger partial charge in [0.25, 0.3) is 5.91 Å². The highest BCUT2D eigenvalue weighted by molar-refractivity contribution is 5.92. The van der Waals surface area contributed by atoms with Crippen molar-refractivity contribution in [2.45, 2.75) is 18.9 Å². The molecule has 0 atom stereocenters. The minimum atomic E-state index is -0.623. The van der Waals surface area contributed by atoms with E-state index in [1.807, 2.05) is 4.57 Å². The summed E-state index contributed by atoms with van der Waals surface area (Å²) in [4.78, 5) is 17.3. The molecular formula is C7H7N5O. The molecule has 2 rings (SSSR count). The molecule has 0 bridgehead atoms. The topological polar surface area (TPSA) is 83.7 Å². The Morgan fingerprint density at radius 2 is 2.54 bits per heavy atom. The lowest BCUT2D eigenvalue weighted by Crippen LogP contribution is -1.93. The van der Waals surface area contributed by atoms with Crippen molar-refractivity contribution in [3.8, 4) is 0 Å². The first-order chi connectivity index (χ1) is 6.31. The summed E-state index contributed by atoms with van der Waals surface area (Å²) in [7, 11) is 0. The first-order valence-corrected chi connectivity index (χ1v) is 3.94. The number of imidazole rings is 1. The Morgan fingerprint density at radius 3 is 3.15 bits per heavy atom. The number of amides is 1. The van der Waals surface area contributed by atoms with Crippen molar-refractivity contribution in [1.29, 1.82) is 0 Å². The zero-order valence-corrected chi connectivity index (χ0v) is 6.79. The molecule has 13 heavy (non-hydrogen) atoms. The summed E-state index contributed by atoms with van der Waals surface area (Å²) >= 11 is 0. The first-order valence-electron chi connectivity index (χ1n) is 3.94. The molecule has 1 aliphatic carbocycles. The SMILES string of the molecule is [N-]=[N+]=NC(=O)c1cn(C2CC2)cn1. The van der Waals surface area contributed by atoms with Crippen LogP contribution in [0.4, 0.5) is 0 Å². The van der Waals surface area contributed by atoms with Crippen LogP contribution < -0.4 is 0 Å². The summed E-state index contributed by atoms with van der Waals surface area (Å²) in [6.45, 7) is 0. The molecule has 0 aromatic carbocycles. The van der Waals surface area contributed by atoms with Gasteiger partial charge in [-0.2, -0.15) is 0 Å². The standard InChI is InChI=1S/C7H7N5O/c8-11-10-7(13)6-3-12(4-9-6)5-1-2-5/h3-5H,1-2H2. The van der Waals surface area contributed by atoms with Gasteiger partial charge >= 0.3 is 0 Å². The fraction of sp³-hybridized carbons (Fsp3) is 0.429. The molecule has 0 unspecified atom stereocenters. The highest BCUT2D eigenvalue weighted by atomic mass is 16.1. The fourth-order valence-corrected chi connectivity index (χ4v) is 1.11. The van der Waals surface area contributed by atoms with Crippen molar-refractivity contribution in [1.82, 2.24) is 9.55 Å². The van der Waals surface area contributed by atoms with E-state index >= 15 is 0 Å². The van der Waals surface area contributed by atoms with Gasteiger partial charge in [0.05, 0.1) is 6.33 Å². The van der Waals surface area contributed by atoms with Gasteiger partial charge in [-0.25, -0.2) is 4.98 Å². The van der Waals surface area contributed by atoms with E-state index in [-0.39, 0.29) is 5.69 Å². The van der Waals surface area contributed by atoms with Crippen LogP contribution in [0.2, 0.25) is 0 Å². The Kier molecular flexibility index (Phi) is 1.75. The van der Waals surface area contributed by atoms with Gasteiger partial charge in [-0.15, -0.1) is 0 Å². The minimum absolute atomic E-state index is 0.213. The number of azide groups is 1. The number of nitrogens with zero attached hydrogens (tertiary/aromatic N) is 5. The summed E-state index contributed by atoms with van der Waals surface area (Å²) in [5, 5.41) is 2.95. The molecule has 0 N–H and O–H groups in total. The molecule has 1 aliphatic rings. The van der Waals surface area contributed by atoms with Gasteiger partial charge in [-0.05, 0) is 23.5 Å². The number of rotatable bonds is 2. The smallest absolute Gasteiger partial charge is 0.269 e. The van der Waals surface area contributed by atoms with Crippen LogP contribution in [0.15, 0.2) is 17.6 Å². The summed E-state index contributed by atoms with van der Waals surface area (Å²) in [5.41, 5.74) is 8.24. The molecule has 0 spiro atoms. The van der Waals surface area contributed by atoms with Crippen molar-refractivity contribution < 1.29 is 4.79 Å². The molecule has 0 saturated heterocycles. The zero-order chi connectivity index (χ0) is 9.26. The van der Waals surface area contributed by atoms with E-state index in [1.54, 1.807) is 12.5 Å². The summed E-state index contributed by atoms with van der Waals surface area (Å²) in [6, 6.07) is 0.486. The van der Waals surface area contributed by atoms with Crippen LogP contribution in [0.5, 0.6) is 0 Å². The van der Waals surface area contributed by atoms with Crippen molar-refractivity contribution in [3.63, 3.8) is 0 Å². The predicted molar refractivity (Wildman–Crippen MR) is 44.0 cm³/mol. The second-order valence-electron chi connectivity index (χ2n) is 2.93. The van der Waals surface area contributed by atoms with Gasteiger partial charge in [0.1, 0.15) is 5.69 Å². The Bertz CT molecular complexity index is 385. The third kappa shape index (κ3) is 1.52. The predicted octanol–water partition coefficient (Wildman–Crippen LogP) is 1.67. The van der Waals surface area contributed by atoms with Crippen molar-refractivity contribution in [2.24, 2.45) is 5.11 Å². The molecule has 1 heterocycles. The Labute approximate surface area is 73.8 Å². The molecule has 0 radical (unpaired) electrons. The zero-order valence-electron chi connectivity index (χ0n) is 6.79. The molecule has 1 saturated carbocycles. The van der Waals surface area contributed by atoms with Crippen molar-refractivity contribution in [2.75, 3.05) is 0 Å². The summed E-state index contributed by atoms with van der Waals surface area (Å²) < 4.78 is 1.88. The van der Waals surface area contributed by atoms with Crippen molar-refractivity contribution >= 4 is 5.91 Å². The second kappa shape index (κ2) is 2.91. The number of aromatic nitrogens is 2. The highest BCUT2D eigenvalue weighted by Crippen LogP contribution is 2.34.